The Balaban J connectivity index is 2.42. The molecule has 0 unspecified atom stereocenters. The second-order valence-corrected chi connectivity index (χ2v) is 6.10. The lowest BCUT2D eigenvalue weighted by atomic mass is 10.2. The predicted octanol–water partition coefficient (Wildman–Crippen LogP) is 0.639. The van der Waals surface area contributed by atoms with Gasteiger partial charge in [-0.3, -0.25) is 0 Å². The summed E-state index contributed by atoms with van der Waals surface area (Å²) in [7, 11) is -1.42. The van der Waals surface area contributed by atoms with Crippen LogP contribution in [0.5, 0.6) is 0 Å². The van der Waals surface area contributed by atoms with E-state index in [0.717, 1.165) is 6.54 Å². The van der Waals surface area contributed by atoms with Crippen molar-refractivity contribution in [1.29, 1.82) is 0 Å². The minimum Gasteiger partial charge on any atom is -0.368 e. The molecule has 0 spiro atoms. The van der Waals surface area contributed by atoms with Gasteiger partial charge in [0.1, 0.15) is 5.82 Å². The molecule has 0 radical (unpaired) electrons. The number of hydrogen-bond donors (Lipinski definition) is 1. The Morgan fingerprint density at radius 3 is 2.94 bits per heavy atom. The molecule has 1 aromatic rings. The molecule has 0 aliphatic carbocycles. The second kappa shape index (κ2) is 4.62. The van der Waals surface area contributed by atoms with Crippen LogP contribution in [0.25, 0.3) is 0 Å². The first-order valence-electron chi connectivity index (χ1n) is 5.46. The van der Waals surface area contributed by atoms with E-state index in [1.165, 1.54) is 18.2 Å². The highest BCUT2D eigenvalue weighted by molar-refractivity contribution is 7.91. The van der Waals surface area contributed by atoms with E-state index in [1.807, 2.05) is 11.9 Å². The summed E-state index contributed by atoms with van der Waals surface area (Å²) in [4.78, 5) is 2.14. The summed E-state index contributed by atoms with van der Waals surface area (Å²) in [5, 5.41) is 3.00. The monoisotopic (exact) mass is 258 g/mol. The van der Waals surface area contributed by atoms with Gasteiger partial charge in [0.2, 0.25) is 0 Å². The number of nitrogens with one attached hydrogen (secondary N) is 1. The van der Waals surface area contributed by atoms with Crippen molar-refractivity contribution in [3.63, 3.8) is 0 Å². The fourth-order valence-corrected chi connectivity index (χ4v) is 3.40. The first-order chi connectivity index (χ1) is 8.04. The SMILES string of the molecule is CNCCN1CCS(=O)(=O)c2ccc(F)cc21. The van der Waals surface area contributed by atoms with Gasteiger partial charge in [0.25, 0.3) is 0 Å². The lowest BCUT2D eigenvalue weighted by Gasteiger charge is -2.30. The van der Waals surface area contributed by atoms with Crippen LogP contribution in [0, 0.1) is 5.82 Å². The maximum absolute atomic E-state index is 13.2. The molecule has 94 valence electrons. The molecule has 0 amide bonds. The number of anilines is 1. The lowest BCUT2D eigenvalue weighted by Crippen LogP contribution is -2.39. The van der Waals surface area contributed by atoms with Gasteiger partial charge in [-0.2, -0.15) is 0 Å². The summed E-state index contributed by atoms with van der Waals surface area (Å²) in [6, 6.07) is 3.84. The zero-order valence-electron chi connectivity index (χ0n) is 9.61. The van der Waals surface area contributed by atoms with Crippen molar-refractivity contribution in [3.05, 3.63) is 24.0 Å². The molecule has 0 bridgehead atoms. The molecule has 17 heavy (non-hydrogen) atoms. The molecular weight excluding hydrogens is 243 g/mol. The van der Waals surface area contributed by atoms with Crippen LogP contribution in [-0.4, -0.2) is 40.9 Å². The van der Waals surface area contributed by atoms with Crippen LogP contribution in [0.1, 0.15) is 0 Å². The van der Waals surface area contributed by atoms with Gasteiger partial charge in [0.15, 0.2) is 9.84 Å². The van der Waals surface area contributed by atoms with Crippen molar-refractivity contribution < 1.29 is 12.8 Å². The molecule has 6 heteroatoms. The van der Waals surface area contributed by atoms with Gasteiger partial charge in [0, 0.05) is 19.6 Å². The first-order valence-corrected chi connectivity index (χ1v) is 7.12. The summed E-state index contributed by atoms with van der Waals surface area (Å²) >= 11 is 0. The standard InChI is InChI=1S/C11H15FN2O2S/c1-13-4-5-14-6-7-17(15,16)11-3-2-9(12)8-10(11)14/h2-3,8,13H,4-7H2,1H3. The summed E-state index contributed by atoms with van der Waals surface area (Å²) < 4.78 is 36.9. The Kier molecular flexibility index (Phi) is 3.35. The van der Waals surface area contributed by atoms with E-state index in [9.17, 15) is 12.8 Å². The number of nitrogens with zero attached hydrogens (tertiary/aromatic N) is 1. The smallest absolute Gasteiger partial charge is 0.182 e. The number of fused-ring (bicyclic) bond motifs is 1. The summed E-state index contributed by atoms with van der Waals surface area (Å²) in [6.07, 6.45) is 0. The average Bonchev–Trinajstić information content (AvgIpc) is 2.28. The maximum atomic E-state index is 13.2. The summed E-state index contributed by atoms with van der Waals surface area (Å²) in [5.74, 6) is -0.315. The van der Waals surface area contributed by atoms with E-state index in [0.29, 0.717) is 18.8 Å². The number of rotatable bonds is 3. The number of sulfone groups is 1. The molecule has 0 saturated carbocycles. The van der Waals surface area contributed by atoms with Crippen LogP contribution in [0.15, 0.2) is 23.1 Å². The van der Waals surface area contributed by atoms with E-state index in [4.69, 9.17) is 0 Å². The molecule has 4 nitrogen and oxygen atoms in total. The second-order valence-electron chi connectivity index (χ2n) is 4.02. The fraction of sp³-hybridized carbons (Fsp3) is 0.455. The first kappa shape index (κ1) is 12.3. The Labute approximate surface area is 100 Å². The van der Waals surface area contributed by atoms with Crippen LogP contribution in [0.3, 0.4) is 0 Å². The van der Waals surface area contributed by atoms with Gasteiger partial charge < -0.3 is 10.2 Å². The number of halogens is 1. The molecule has 1 heterocycles. The van der Waals surface area contributed by atoms with E-state index in [1.54, 1.807) is 0 Å². The van der Waals surface area contributed by atoms with Gasteiger partial charge >= 0.3 is 0 Å². The number of likely N-dealkylation sites (N-methyl/N-ethyl adjacent to an activating group) is 1. The lowest BCUT2D eigenvalue weighted by molar-refractivity contribution is 0.585. The van der Waals surface area contributed by atoms with Crippen LogP contribution in [0.4, 0.5) is 10.1 Å². The fourth-order valence-electron chi connectivity index (χ4n) is 1.94. The zero-order valence-corrected chi connectivity index (χ0v) is 10.4. The van der Waals surface area contributed by atoms with Gasteiger partial charge in [-0.15, -0.1) is 0 Å². The Bertz CT molecular complexity index is 516. The quantitative estimate of drug-likeness (QED) is 0.808. The zero-order chi connectivity index (χ0) is 12.5. The molecular formula is C11H15FN2O2S. The molecule has 2 rings (SSSR count). The molecule has 1 N–H and O–H groups in total. The molecule has 0 fully saturated rings. The molecule has 1 aliphatic heterocycles. The van der Waals surface area contributed by atoms with Gasteiger partial charge in [-0.25, -0.2) is 12.8 Å². The third-order valence-corrected chi connectivity index (χ3v) is 4.59. The summed E-state index contributed by atoms with van der Waals surface area (Å²) in [6.45, 7) is 1.82. The van der Waals surface area contributed by atoms with Crippen LogP contribution < -0.4 is 10.2 Å². The number of benzene rings is 1. The molecule has 0 atom stereocenters. The third kappa shape index (κ3) is 2.42. The third-order valence-electron chi connectivity index (χ3n) is 2.86. The topological polar surface area (TPSA) is 49.4 Å². The average molecular weight is 258 g/mol. The molecule has 0 saturated heterocycles. The van der Waals surface area contributed by atoms with Crippen molar-refractivity contribution in [2.24, 2.45) is 0 Å². The predicted molar refractivity (Wildman–Crippen MR) is 64.6 cm³/mol. The maximum Gasteiger partial charge on any atom is 0.182 e. The van der Waals surface area contributed by atoms with E-state index in [2.05, 4.69) is 5.32 Å². The largest absolute Gasteiger partial charge is 0.368 e. The number of hydrogen-bond acceptors (Lipinski definition) is 4. The minimum atomic E-state index is -3.25. The Hall–Kier alpha value is -1.14. The van der Waals surface area contributed by atoms with E-state index in [-0.39, 0.29) is 10.6 Å². The minimum absolute atomic E-state index is 0.0926. The molecule has 0 aromatic heterocycles. The van der Waals surface area contributed by atoms with Gasteiger partial charge in [0.05, 0.1) is 16.3 Å². The normalized spacial score (nSPS) is 17.9. The van der Waals surface area contributed by atoms with Crippen molar-refractivity contribution >= 4 is 15.5 Å². The van der Waals surface area contributed by atoms with Crippen LogP contribution in [0.2, 0.25) is 0 Å². The van der Waals surface area contributed by atoms with Crippen LogP contribution in [-0.2, 0) is 9.84 Å². The molecule has 1 aliphatic rings. The van der Waals surface area contributed by atoms with Crippen molar-refractivity contribution in [2.45, 2.75) is 4.90 Å². The van der Waals surface area contributed by atoms with Crippen molar-refractivity contribution in [3.8, 4) is 0 Å². The van der Waals surface area contributed by atoms with Gasteiger partial charge in [-0.05, 0) is 25.2 Å². The Morgan fingerprint density at radius 2 is 2.24 bits per heavy atom. The Morgan fingerprint density at radius 1 is 1.47 bits per heavy atom. The van der Waals surface area contributed by atoms with Crippen molar-refractivity contribution in [2.75, 3.05) is 37.3 Å². The molecule has 1 aromatic carbocycles. The highest BCUT2D eigenvalue weighted by atomic mass is 32.2. The van der Waals surface area contributed by atoms with Crippen LogP contribution >= 0.6 is 0 Å². The highest BCUT2D eigenvalue weighted by Crippen LogP contribution is 2.30. The van der Waals surface area contributed by atoms with Gasteiger partial charge in [-0.1, -0.05) is 0 Å². The van der Waals surface area contributed by atoms with E-state index < -0.39 is 15.7 Å². The van der Waals surface area contributed by atoms with Crippen molar-refractivity contribution in [1.82, 2.24) is 5.32 Å². The summed E-state index contributed by atoms with van der Waals surface area (Å²) in [5.41, 5.74) is 0.478. The highest BCUT2D eigenvalue weighted by Gasteiger charge is 2.28. The van der Waals surface area contributed by atoms with E-state index >= 15 is 0 Å².